The van der Waals surface area contributed by atoms with Crippen LogP contribution in [0.3, 0.4) is 0 Å². The van der Waals surface area contributed by atoms with Crippen LogP contribution in [-0.4, -0.2) is 14.9 Å². The molecule has 0 aliphatic carbocycles. The number of nitriles is 1. The van der Waals surface area contributed by atoms with Crippen LogP contribution in [0, 0.1) is 11.3 Å². The predicted octanol–water partition coefficient (Wildman–Crippen LogP) is 2.20. The predicted molar refractivity (Wildman–Crippen MR) is 68.0 cm³/mol. The van der Waals surface area contributed by atoms with Gasteiger partial charge in [0.1, 0.15) is 5.60 Å². The zero-order chi connectivity index (χ0) is 13.3. The molecule has 0 bridgehead atoms. The first kappa shape index (κ1) is 12.6. The Bertz CT molecular complexity index is 589. The van der Waals surface area contributed by atoms with Crippen LogP contribution >= 0.6 is 11.6 Å². The molecule has 0 radical (unpaired) electrons. The number of hydrogen-bond acceptors (Lipinski definition) is 3. The molecule has 2 rings (SSSR count). The summed E-state index contributed by atoms with van der Waals surface area (Å²) in [6.45, 7) is 1.65. The maximum atomic E-state index is 10.6. The van der Waals surface area contributed by atoms with Gasteiger partial charge in [-0.2, -0.15) is 10.4 Å². The van der Waals surface area contributed by atoms with Crippen LogP contribution in [0.5, 0.6) is 0 Å². The van der Waals surface area contributed by atoms with E-state index in [2.05, 4.69) is 5.10 Å². The van der Waals surface area contributed by atoms with E-state index >= 15 is 0 Å². The standard InChI is InChI=1S/C13H12ClN3O/c1-13(18,12-11(14)8-16-17(12)2)10-5-3-9(7-15)4-6-10/h3-6,8,18H,1-2H3. The Morgan fingerprint density at radius 2 is 2.00 bits per heavy atom. The largest absolute Gasteiger partial charge is 0.379 e. The average molecular weight is 262 g/mol. The zero-order valence-electron chi connectivity index (χ0n) is 10.1. The van der Waals surface area contributed by atoms with Crippen molar-refractivity contribution >= 4 is 11.6 Å². The smallest absolute Gasteiger partial charge is 0.130 e. The van der Waals surface area contributed by atoms with Crippen molar-refractivity contribution in [1.29, 1.82) is 5.26 Å². The molecule has 0 amide bonds. The molecule has 0 saturated heterocycles. The van der Waals surface area contributed by atoms with Crippen LogP contribution < -0.4 is 0 Å². The Balaban J connectivity index is 2.51. The van der Waals surface area contributed by atoms with Crippen molar-refractivity contribution in [3.05, 3.63) is 52.3 Å². The molecular weight excluding hydrogens is 250 g/mol. The monoisotopic (exact) mass is 261 g/mol. The van der Waals surface area contributed by atoms with E-state index in [1.165, 1.54) is 6.20 Å². The number of nitrogens with zero attached hydrogens (tertiary/aromatic N) is 3. The third-order valence-electron chi connectivity index (χ3n) is 2.93. The topological polar surface area (TPSA) is 61.8 Å². The number of aromatic nitrogens is 2. The van der Waals surface area contributed by atoms with E-state index in [1.807, 2.05) is 6.07 Å². The minimum absolute atomic E-state index is 0.409. The molecule has 2 aromatic rings. The Morgan fingerprint density at radius 3 is 2.44 bits per heavy atom. The lowest BCUT2D eigenvalue weighted by Crippen LogP contribution is -2.26. The molecule has 0 aliphatic heterocycles. The van der Waals surface area contributed by atoms with Crippen molar-refractivity contribution in [2.75, 3.05) is 0 Å². The van der Waals surface area contributed by atoms with E-state index < -0.39 is 5.60 Å². The third-order valence-corrected chi connectivity index (χ3v) is 3.21. The number of aryl methyl sites for hydroxylation is 1. The highest BCUT2D eigenvalue weighted by molar-refractivity contribution is 6.31. The summed E-state index contributed by atoms with van der Waals surface area (Å²) in [5.74, 6) is 0. The van der Waals surface area contributed by atoms with Crippen LogP contribution in [0.25, 0.3) is 0 Å². The number of rotatable bonds is 2. The molecule has 0 saturated carbocycles. The van der Waals surface area contributed by atoms with Crippen molar-refractivity contribution in [2.24, 2.45) is 7.05 Å². The van der Waals surface area contributed by atoms with E-state index in [4.69, 9.17) is 16.9 Å². The first-order valence-corrected chi connectivity index (χ1v) is 5.75. The molecule has 1 unspecified atom stereocenters. The molecule has 4 nitrogen and oxygen atoms in total. The van der Waals surface area contributed by atoms with Gasteiger partial charge in [0.15, 0.2) is 0 Å². The van der Waals surface area contributed by atoms with Gasteiger partial charge in [-0.15, -0.1) is 0 Å². The first-order valence-electron chi connectivity index (χ1n) is 5.38. The van der Waals surface area contributed by atoms with E-state index in [0.717, 1.165) is 0 Å². The summed E-state index contributed by atoms with van der Waals surface area (Å²) < 4.78 is 1.54. The highest BCUT2D eigenvalue weighted by Crippen LogP contribution is 2.33. The van der Waals surface area contributed by atoms with Gasteiger partial charge in [-0.25, -0.2) is 0 Å². The molecule has 1 aromatic heterocycles. The van der Waals surface area contributed by atoms with Gasteiger partial charge in [-0.1, -0.05) is 23.7 Å². The summed E-state index contributed by atoms with van der Waals surface area (Å²) in [6.07, 6.45) is 1.50. The molecular formula is C13H12ClN3O. The molecule has 1 aromatic carbocycles. The summed E-state index contributed by atoms with van der Waals surface area (Å²) in [5.41, 5.74) is 0.475. The van der Waals surface area contributed by atoms with Crippen molar-refractivity contribution in [2.45, 2.75) is 12.5 Å². The van der Waals surface area contributed by atoms with Gasteiger partial charge in [-0.3, -0.25) is 4.68 Å². The molecule has 5 heteroatoms. The quantitative estimate of drug-likeness (QED) is 0.901. The lowest BCUT2D eigenvalue weighted by molar-refractivity contribution is 0.0930. The molecule has 1 N–H and O–H groups in total. The van der Waals surface area contributed by atoms with Gasteiger partial charge in [0.2, 0.25) is 0 Å². The maximum absolute atomic E-state index is 10.6. The minimum Gasteiger partial charge on any atom is -0.379 e. The van der Waals surface area contributed by atoms with Crippen molar-refractivity contribution in [3.63, 3.8) is 0 Å². The lowest BCUT2D eigenvalue weighted by atomic mass is 9.92. The van der Waals surface area contributed by atoms with Gasteiger partial charge in [0, 0.05) is 7.05 Å². The molecule has 0 fully saturated rings. The van der Waals surface area contributed by atoms with Gasteiger partial charge in [0.25, 0.3) is 0 Å². The van der Waals surface area contributed by atoms with Gasteiger partial charge >= 0.3 is 0 Å². The number of hydrogen-bond donors (Lipinski definition) is 1. The Labute approximate surface area is 110 Å². The summed E-state index contributed by atoms with van der Waals surface area (Å²) in [5, 5.41) is 23.8. The zero-order valence-corrected chi connectivity index (χ0v) is 10.8. The van der Waals surface area contributed by atoms with Crippen LogP contribution in [0.15, 0.2) is 30.5 Å². The Hall–Kier alpha value is -1.83. The SMILES string of the molecule is Cn1ncc(Cl)c1C(C)(O)c1ccc(C#N)cc1. The van der Waals surface area contributed by atoms with Crippen LogP contribution in [0.2, 0.25) is 5.02 Å². The molecule has 1 atom stereocenters. The highest BCUT2D eigenvalue weighted by Gasteiger charge is 2.31. The first-order chi connectivity index (χ1) is 8.46. The maximum Gasteiger partial charge on any atom is 0.130 e. The third kappa shape index (κ3) is 1.99. The van der Waals surface area contributed by atoms with Crippen molar-refractivity contribution < 1.29 is 5.11 Å². The normalized spacial score (nSPS) is 13.9. The second-order valence-electron chi connectivity index (χ2n) is 4.23. The molecule has 0 aliphatic rings. The fourth-order valence-corrected chi connectivity index (χ4v) is 2.31. The van der Waals surface area contributed by atoms with Crippen molar-refractivity contribution in [1.82, 2.24) is 9.78 Å². The van der Waals surface area contributed by atoms with E-state index in [9.17, 15) is 5.11 Å². The van der Waals surface area contributed by atoms with Crippen LogP contribution in [-0.2, 0) is 12.6 Å². The lowest BCUT2D eigenvalue weighted by Gasteiger charge is -2.24. The van der Waals surface area contributed by atoms with Gasteiger partial charge < -0.3 is 5.11 Å². The summed E-state index contributed by atoms with van der Waals surface area (Å²) in [4.78, 5) is 0. The second-order valence-corrected chi connectivity index (χ2v) is 4.63. The van der Waals surface area contributed by atoms with Gasteiger partial charge in [0.05, 0.1) is 28.5 Å². The summed E-state index contributed by atoms with van der Waals surface area (Å²) in [7, 11) is 1.72. The van der Waals surface area contributed by atoms with E-state index in [1.54, 1.807) is 42.9 Å². The van der Waals surface area contributed by atoms with E-state index in [-0.39, 0.29) is 0 Å². The molecule has 18 heavy (non-hydrogen) atoms. The Morgan fingerprint density at radius 1 is 1.39 bits per heavy atom. The number of halogens is 1. The Kier molecular flexibility index (Phi) is 3.12. The van der Waals surface area contributed by atoms with Crippen LogP contribution in [0.4, 0.5) is 0 Å². The van der Waals surface area contributed by atoms with Crippen LogP contribution in [0.1, 0.15) is 23.7 Å². The van der Waals surface area contributed by atoms with Gasteiger partial charge in [-0.05, 0) is 24.6 Å². The molecule has 92 valence electrons. The highest BCUT2D eigenvalue weighted by atomic mass is 35.5. The second kappa shape index (κ2) is 4.45. The van der Waals surface area contributed by atoms with E-state index in [0.29, 0.717) is 21.8 Å². The summed E-state index contributed by atoms with van der Waals surface area (Å²) >= 11 is 6.04. The fraction of sp³-hybridized carbons (Fsp3) is 0.231. The number of benzene rings is 1. The minimum atomic E-state index is -1.25. The van der Waals surface area contributed by atoms with Crippen molar-refractivity contribution in [3.8, 4) is 6.07 Å². The number of aliphatic hydroxyl groups is 1. The summed E-state index contributed by atoms with van der Waals surface area (Å²) in [6, 6.07) is 8.78. The fourth-order valence-electron chi connectivity index (χ4n) is 1.96. The molecule has 1 heterocycles. The molecule has 0 spiro atoms. The average Bonchev–Trinajstić information content (AvgIpc) is 2.69.